The van der Waals surface area contributed by atoms with E-state index < -0.39 is 0 Å². The smallest absolute Gasteiger partial charge is 0.135 e. The SMILES string of the molecule is CCCCCCc1ccc(NC(=S)S)cc1. The Morgan fingerprint density at radius 3 is 2.44 bits per heavy atom. The maximum Gasteiger partial charge on any atom is 0.135 e. The molecular weight excluding hydrogens is 234 g/mol. The first kappa shape index (κ1) is 13.5. The second-order valence-corrected chi connectivity index (χ2v) is 5.10. The first-order valence-corrected chi connectivity index (χ1v) is 6.67. The minimum Gasteiger partial charge on any atom is -0.341 e. The first-order valence-electron chi connectivity index (χ1n) is 5.81. The summed E-state index contributed by atoms with van der Waals surface area (Å²) in [6.07, 6.45) is 6.42. The minimum absolute atomic E-state index is 0.510. The van der Waals surface area contributed by atoms with Crippen molar-refractivity contribution in [2.75, 3.05) is 5.32 Å². The molecule has 0 aliphatic rings. The number of anilines is 1. The van der Waals surface area contributed by atoms with Crippen LogP contribution >= 0.6 is 24.8 Å². The molecule has 1 rings (SSSR count). The van der Waals surface area contributed by atoms with Crippen LogP contribution in [0.5, 0.6) is 0 Å². The Balaban J connectivity index is 2.36. The van der Waals surface area contributed by atoms with Crippen molar-refractivity contribution in [3.63, 3.8) is 0 Å². The van der Waals surface area contributed by atoms with Gasteiger partial charge in [0.2, 0.25) is 0 Å². The molecule has 0 saturated heterocycles. The van der Waals surface area contributed by atoms with Crippen molar-refractivity contribution >= 4 is 34.9 Å². The van der Waals surface area contributed by atoms with Gasteiger partial charge in [-0.2, -0.15) is 0 Å². The van der Waals surface area contributed by atoms with Gasteiger partial charge in [0.15, 0.2) is 0 Å². The van der Waals surface area contributed by atoms with Crippen molar-refractivity contribution in [2.45, 2.75) is 39.0 Å². The van der Waals surface area contributed by atoms with Gasteiger partial charge >= 0.3 is 0 Å². The summed E-state index contributed by atoms with van der Waals surface area (Å²) in [6.45, 7) is 2.24. The maximum atomic E-state index is 4.86. The molecule has 1 aromatic carbocycles. The Bertz CT molecular complexity index is 319. The quantitative estimate of drug-likeness (QED) is 0.442. The molecule has 0 aromatic heterocycles. The molecule has 0 heterocycles. The number of unbranched alkanes of at least 4 members (excludes halogenated alkanes) is 3. The number of benzene rings is 1. The lowest BCUT2D eigenvalue weighted by Gasteiger charge is -2.05. The first-order chi connectivity index (χ1) is 7.72. The van der Waals surface area contributed by atoms with Crippen LogP contribution in [0.3, 0.4) is 0 Å². The number of hydrogen-bond donors (Lipinski definition) is 2. The fourth-order valence-electron chi connectivity index (χ4n) is 1.63. The Morgan fingerprint density at radius 2 is 1.88 bits per heavy atom. The van der Waals surface area contributed by atoms with Crippen molar-refractivity contribution in [1.82, 2.24) is 0 Å². The summed E-state index contributed by atoms with van der Waals surface area (Å²) < 4.78 is 0.510. The second kappa shape index (κ2) is 7.69. The lowest BCUT2D eigenvalue weighted by Crippen LogP contribution is -2.00. The van der Waals surface area contributed by atoms with Gasteiger partial charge in [0.25, 0.3) is 0 Å². The average molecular weight is 253 g/mol. The molecule has 0 amide bonds. The Morgan fingerprint density at radius 1 is 1.19 bits per heavy atom. The fourth-order valence-corrected chi connectivity index (χ4v) is 1.88. The van der Waals surface area contributed by atoms with Gasteiger partial charge in [0, 0.05) is 5.69 Å². The number of thiol groups is 1. The van der Waals surface area contributed by atoms with Crippen LogP contribution in [0.2, 0.25) is 0 Å². The summed E-state index contributed by atoms with van der Waals surface area (Å²) in [5, 5.41) is 3.00. The topological polar surface area (TPSA) is 12.0 Å². The highest BCUT2D eigenvalue weighted by Crippen LogP contribution is 2.13. The van der Waals surface area contributed by atoms with Crippen LogP contribution in [-0.2, 0) is 6.42 Å². The van der Waals surface area contributed by atoms with Crippen LogP contribution in [-0.4, -0.2) is 4.32 Å². The highest BCUT2D eigenvalue weighted by molar-refractivity contribution is 8.11. The monoisotopic (exact) mass is 253 g/mol. The molecule has 0 aliphatic heterocycles. The van der Waals surface area contributed by atoms with Gasteiger partial charge in [-0.3, -0.25) is 0 Å². The lowest BCUT2D eigenvalue weighted by atomic mass is 10.1. The van der Waals surface area contributed by atoms with Gasteiger partial charge in [0.1, 0.15) is 4.32 Å². The Labute approximate surface area is 109 Å². The normalized spacial score (nSPS) is 10.1. The second-order valence-electron chi connectivity index (χ2n) is 3.94. The van der Waals surface area contributed by atoms with E-state index in [1.165, 1.54) is 37.7 Å². The molecule has 0 aliphatic carbocycles. The van der Waals surface area contributed by atoms with E-state index in [-0.39, 0.29) is 0 Å². The van der Waals surface area contributed by atoms with Crippen molar-refractivity contribution in [2.24, 2.45) is 0 Å². The summed E-state index contributed by atoms with van der Waals surface area (Å²) in [6, 6.07) is 8.41. The summed E-state index contributed by atoms with van der Waals surface area (Å²) >= 11 is 8.90. The molecular formula is C13H19NS2. The largest absolute Gasteiger partial charge is 0.341 e. The van der Waals surface area contributed by atoms with Gasteiger partial charge in [-0.25, -0.2) is 0 Å². The van der Waals surface area contributed by atoms with Crippen molar-refractivity contribution in [1.29, 1.82) is 0 Å². The molecule has 88 valence electrons. The van der Waals surface area contributed by atoms with E-state index >= 15 is 0 Å². The maximum absolute atomic E-state index is 4.86. The van der Waals surface area contributed by atoms with Gasteiger partial charge in [0.05, 0.1) is 0 Å². The molecule has 0 radical (unpaired) electrons. The molecule has 0 fully saturated rings. The zero-order valence-corrected chi connectivity index (χ0v) is 11.4. The molecule has 0 bridgehead atoms. The highest BCUT2D eigenvalue weighted by atomic mass is 32.1. The van der Waals surface area contributed by atoms with Crippen LogP contribution in [0, 0.1) is 0 Å². The molecule has 0 spiro atoms. The third-order valence-corrected chi connectivity index (χ3v) is 2.74. The summed E-state index contributed by atoms with van der Waals surface area (Å²) in [5.41, 5.74) is 2.41. The number of hydrogen-bond acceptors (Lipinski definition) is 1. The van der Waals surface area contributed by atoms with Crippen LogP contribution in [0.4, 0.5) is 5.69 Å². The number of rotatable bonds is 6. The lowest BCUT2D eigenvalue weighted by molar-refractivity contribution is 0.667. The number of aryl methyl sites for hydroxylation is 1. The van der Waals surface area contributed by atoms with Crippen molar-refractivity contribution in [3.05, 3.63) is 29.8 Å². The predicted molar refractivity (Wildman–Crippen MR) is 79.5 cm³/mol. The van der Waals surface area contributed by atoms with Gasteiger partial charge in [-0.15, -0.1) is 12.6 Å². The van der Waals surface area contributed by atoms with Gasteiger partial charge < -0.3 is 5.32 Å². The molecule has 0 saturated carbocycles. The highest BCUT2D eigenvalue weighted by Gasteiger charge is 1.95. The molecule has 3 heteroatoms. The standard InChI is InChI=1S/C13H19NS2/c1-2-3-4-5-6-11-7-9-12(10-8-11)14-13(15)16/h7-10H,2-6H2,1H3,(H2,14,15,16). The van der Waals surface area contributed by atoms with E-state index in [1.54, 1.807) is 0 Å². The van der Waals surface area contributed by atoms with E-state index in [0.29, 0.717) is 4.32 Å². The molecule has 0 atom stereocenters. The molecule has 1 nitrogen and oxygen atoms in total. The van der Waals surface area contributed by atoms with Gasteiger partial charge in [-0.05, 0) is 30.5 Å². The van der Waals surface area contributed by atoms with Gasteiger partial charge in [-0.1, -0.05) is 50.5 Å². The summed E-state index contributed by atoms with van der Waals surface area (Å²) in [4.78, 5) is 0. The predicted octanol–water partition coefficient (Wildman–Crippen LogP) is 4.44. The zero-order valence-electron chi connectivity index (χ0n) is 9.70. The van der Waals surface area contributed by atoms with E-state index in [1.807, 2.05) is 0 Å². The summed E-state index contributed by atoms with van der Waals surface area (Å²) in [5.74, 6) is 0. The van der Waals surface area contributed by atoms with Crippen LogP contribution in [0.1, 0.15) is 38.2 Å². The number of thiocarbonyl (C=S) groups is 1. The minimum atomic E-state index is 0.510. The van der Waals surface area contributed by atoms with E-state index in [2.05, 4.69) is 49.1 Å². The van der Waals surface area contributed by atoms with E-state index in [4.69, 9.17) is 12.2 Å². The Kier molecular flexibility index (Phi) is 6.50. The Hall–Kier alpha value is -0.540. The molecule has 1 N–H and O–H groups in total. The molecule has 1 aromatic rings. The van der Waals surface area contributed by atoms with Crippen molar-refractivity contribution < 1.29 is 0 Å². The zero-order chi connectivity index (χ0) is 11.8. The third kappa shape index (κ3) is 5.52. The van der Waals surface area contributed by atoms with Crippen LogP contribution in [0.15, 0.2) is 24.3 Å². The van der Waals surface area contributed by atoms with Crippen molar-refractivity contribution in [3.8, 4) is 0 Å². The van der Waals surface area contributed by atoms with Crippen LogP contribution < -0.4 is 5.32 Å². The number of nitrogens with one attached hydrogen (secondary N) is 1. The third-order valence-electron chi connectivity index (χ3n) is 2.52. The molecule has 0 unspecified atom stereocenters. The fraction of sp³-hybridized carbons (Fsp3) is 0.462. The van der Waals surface area contributed by atoms with E-state index in [9.17, 15) is 0 Å². The van der Waals surface area contributed by atoms with E-state index in [0.717, 1.165) is 5.69 Å². The summed E-state index contributed by atoms with van der Waals surface area (Å²) in [7, 11) is 0. The average Bonchev–Trinajstić information content (AvgIpc) is 2.26. The van der Waals surface area contributed by atoms with Crippen LogP contribution in [0.25, 0.3) is 0 Å². The molecule has 16 heavy (non-hydrogen) atoms.